The first-order chi connectivity index (χ1) is 8.86. The molecular weight excluding hydrogens is 332 g/mol. The van der Waals surface area contributed by atoms with Gasteiger partial charge >= 0.3 is 0 Å². The molecule has 5 nitrogen and oxygen atoms in total. The van der Waals surface area contributed by atoms with Crippen molar-refractivity contribution >= 4 is 37.4 Å². The van der Waals surface area contributed by atoms with Crippen molar-refractivity contribution in [3.05, 3.63) is 22.7 Å². The number of halogens is 1. The molecule has 1 aromatic rings. The van der Waals surface area contributed by atoms with Crippen LogP contribution in [0.1, 0.15) is 6.92 Å². The summed E-state index contributed by atoms with van der Waals surface area (Å²) in [6.07, 6.45) is 0. The normalized spacial score (nSPS) is 21.0. The molecule has 0 aromatic heterocycles. The monoisotopic (exact) mass is 346 g/mol. The first kappa shape index (κ1) is 14.5. The molecule has 0 spiro atoms. The lowest BCUT2D eigenvalue weighted by Gasteiger charge is -2.35. The average molecular weight is 347 g/mol. The summed E-state index contributed by atoms with van der Waals surface area (Å²) in [6.45, 7) is 1.93. The van der Waals surface area contributed by atoms with Crippen LogP contribution in [0.5, 0.6) is 0 Å². The van der Waals surface area contributed by atoms with Gasteiger partial charge in [-0.25, -0.2) is 8.42 Å². The van der Waals surface area contributed by atoms with Gasteiger partial charge in [0, 0.05) is 10.5 Å². The number of fused-ring (bicyclic) bond motifs is 1. The third-order valence-electron chi connectivity index (χ3n) is 3.01. The second-order valence-corrected chi connectivity index (χ2v) is 7.45. The van der Waals surface area contributed by atoms with E-state index >= 15 is 0 Å². The van der Waals surface area contributed by atoms with E-state index in [1.807, 2.05) is 0 Å². The Bertz CT molecular complexity index is 615. The number of benzene rings is 1. The molecule has 1 amide bonds. The standard InChI is InChI=1S/C12H15BrN2O3S/c1-8-7-19(17,18)11-5-9(13)3-4-10(11)15(8)12(16)6-14-2/h3-5,8,14H,6-7H2,1-2H3. The predicted octanol–water partition coefficient (Wildman–Crippen LogP) is 1.18. The van der Waals surface area contributed by atoms with Gasteiger partial charge in [-0.3, -0.25) is 4.79 Å². The number of hydrogen-bond donors (Lipinski definition) is 1. The van der Waals surface area contributed by atoms with Gasteiger partial charge in [0.05, 0.1) is 22.9 Å². The quantitative estimate of drug-likeness (QED) is 0.873. The maximum Gasteiger partial charge on any atom is 0.241 e. The van der Waals surface area contributed by atoms with Crippen LogP contribution in [-0.4, -0.2) is 39.7 Å². The Morgan fingerprint density at radius 1 is 1.53 bits per heavy atom. The van der Waals surface area contributed by atoms with Crippen molar-refractivity contribution < 1.29 is 13.2 Å². The second-order valence-electron chi connectivity index (χ2n) is 4.54. The Labute approximate surface area is 121 Å². The molecule has 0 bridgehead atoms. The maximum atomic E-state index is 12.2. The fourth-order valence-electron chi connectivity index (χ4n) is 2.27. The van der Waals surface area contributed by atoms with Crippen molar-refractivity contribution in [1.29, 1.82) is 0 Å². The summed E-state index contributed by atoms with van der Waals surface area (Å²) in [5.74, 6) is -0.181. The molecule has 2 rings (SSSR count). The molecule has 1 N–H and O–H groups in total. The van der Waals surface area contributed by atoms with Gasteiger partial charge in [-0.05, 0) is 32.2 Å². The number of nitrogens with zero attached hydrogens (tertiary/aromatic N) is 1. The van der Waals surface area contributed by atoms with E-state index in [9.17, 15) is 13.2 Å². The van der Waals surface area contributed by atoms with Crippen molar-refractivity contribution in [2.75, 3.05) is 24.2 Å². The minimum Gasteiger partial charge on any atom is -0.311 e. The van der Waals surface area contributed by atoms with Crippen LogP contribution in [0, 0.1) is 0 Å². The van der Waals surface area contributed by atoms with Gasteiger partial charge < -0.3 is 10.2 Å². The largest absolute Gasteiger partial charge is 0.311 e. The molecule has 104 valence electrons. The molecule has 0 saturated carbocycles. The fraction of sp³-hybridized carbons (Fsp3) is 0.417. The van der Waals surface area contributed by atoms with Crippen LogP contribution in [0.3, 0.4) is 0 Å². The van der Waals surface area contributed by atoms with Crippen molar-refractivity contribution in [3.8, 4) is 0 Å². The minimum absolute atomic E-state index is 0.0497. The number of amides is 1. The maximum absolute atomic E-state index is 12.2. The molecule has 7 heteroatoms. The second kappa shape index (κ2) is 5.22. The number of carbonyl (C=O) groups is 1. The van der Waals surface area contributed by atoms with E-state index in [-0.39, 0.29) is 29.1 Å². The molecule has 19 heavy (non-hydrogen) atoms. The van der Waals surface area contributed by atoms with Crippen LogP contribution in [0.4, 0.5) is 5.69 Å². The van der Waals surface area contributed by atoms with Crippen molar-refractivity contribution in [1.82, 2.24) is 5.32 Å². The summed E-state index contributed by atoms with van der Waals surface area (Å²) in [5.41, 5.74) is 0.460. The molecule has 1 atom stereocenters. The van der Waals surface area contributed by atoms with E-state index in [4.69, 9.17) is 0 Å². The zero-order valence-electron chi connectivity index (χ0n) is 10.7. The number of hydrogen-bond acceptors (Lipinski definition) is 4. The van der Waals surface area contributed by atoms with Crippen molar-refractivity contribution in [2.24, 2.45) is 0 Å². The topological polar surface area (TPSA) is 66.5 Å². The zero-order valence-corrected chi connectivity index (χ0v) is 13.1. The molecule has 1 unspecified atom stereocenters. The summed E-state index contributed by atoms with van der Waals surface area (Å²) in [4.78, 5) is 13.9. The lowest BCUT2D eigenvalue weighted by molar-refractivity contribution is -0.118. The Hall–Kier alpha value is -0.920. The van der Waals surface area contributed by atoms with Crippen LogP contribution < -0.4 is 10.2 Å². The highest BCUT2D eigenvalue weighted by Crippen LogP contribution is 2.35. The molecule has 0 saturated heterocycles. The van der Waals surface area contributed by atoms with Gasteiger partial charge in [0.1, 0.15) is 0 Å². The van der Waals surface area contributed by atoms with Crippen LogP contribution in [0.15, 0.2) is 27.6 Å². The zero-order chi connectivity index (χ0) is 14.2. The van der Waals surface area contributed by atoms with E-state index < -0.39 is 9.84 Å². The summed E-state index contributed by atoms with van der Waals surface area (Å²) in [5, 5.41) is 2.80. The number of nitrogens with one attached hydrogen (secondary N) is 1. The smallest absolute Gasteiger partial charge is 0.241 e. The van der Waals surface area contributed by atoms with Gasteiger partial charge in [0.25, 0.3) is 0 Å². The predicted molar refractivity (Wildman–Crippen MR) is 77.1 cm³/mol. The van der Waals surface area contributed by atoms with Crippen LogP contribution >= 0.6 is 15.9 Å². The van der Waals surface area contributed by atoms with Gasteiger partial charge in [0.15, 0.2) is 9.84 Å². The SMILES string of the molecule is CNCC(=O)N1c2ccc(Br)cc2S(=O)(=O)CC1C. The third kappa shape index (κ3) is 2.68. The molecule has 1 aliphatic heterocycles. The number of carbonyl (C=O) groups excluding carboxylic acids is 1. The Balaban J connectivity index is 2.58. The Kier molecular flexibility index (Phi) is 3.98. The van der Waals surface area contributed by atoms with E-state index in [2.05, 4.69) is 21.2 Å². The summed E-state index contributed by atoms with van der Waals surface area (Å²) >= 11 is 3.26. The summed E-state index contributed by atoms with van der Waals surface area (Å²) in [6, 6.07) is 4.60. The highest BCUT2D eigenvalue weighted by Gasteiger charge is 2.36. The first-order valence-corrected chi connectivity index (χ1v) is 8.30. The molecule has 0 aliphatic carbocycles. The van der Waals surface area contributed by atoms with Crippen LogP contribution in [0.25, 0.3) is 0 Å². The van der Waals surface area contributed by atoms with Crippen molar-refractivity contribution in [2.45, 2.75) is 17.9 Å². The third-order valence-corrected chi connectivity index (χ3v) is 5.43. The molecule has 1 aliphatic rings. The van der Waals surface area contributed by atoms with E-state index in [0.29, 0.717) is 10.2 Å². The number of likely N-dealkylation sites (N-methyl/N-ethyl adjacent to an activating group) is 1. The van der Waals surface area contributed by atoms with Gasteiger partial charge in [-0.2, -0.15) is 0 Å². The minimum atomic E-state index is -3.34. The molecule has 0 radical (unpaired) electrons. The highest BCUT2D eigenvalue weighted by atomic mass is 79.9. The summed E-state index contributed by atoms with van der Waals surface area (Å²) in [7, 11) is -1.65. The van der Waals surface area contributed by atoms with Gasteiger partial charge in [0.2, 0.25) is 5.91 Å². The lowest BCUT2D eigenvalue weighted by atomic mass is 10.2. The molecule has 0 fully saturated rings. The number of rotatable bonds is 2. The summed E-state index contributed by atoms with van der Waals surface area (Å²) < 4.78 is 25.1. The van der Waals surface area contributed by atoms with Crippen molar-refractivity contribution in [3.63, 3.8) is 0 Å². The lowest BCUT2D eigenvalue weighted by Crippen LogP contribution is -2.49. The highest BCUT2D eigenvalue weighted by molar-refractivity contribution is 9.10. The van der Waals surface area contributed by atoms with Crippen LogP contribution in [0.2, 0.25) is 0 Å². The molecule has 1 heterocycles. The Morgan fingerprint density at radius 3 is 2.84 bits per heavy atom. The first-order valence-electron chi connectivity index (χ1n) is 5.86. The van der Waals surface area contributed by atoms with Gasteiger partial charge in [-0.15, -0.1) is 0 Å². The van der Waals surface area contributed by atoms with E-state index in [0.717, 1.165) is 0 Å². The van der Waals surface area contributed by atoms with Crippen LogP contribution in [-0.2, 0) is 14.6 Å². The molecular formula is C12H15BrN2O3S. The fourth-order valence-corrected chi connectivity index (χ4v) is 4.54. The van der Waals surface area contributed by atoms with E-state index in [1.165, 1.54) is 0 Å². The number of sulfone groups is 1. The number of anilines is 1. The Morgan fingerprint density at radius 2 is 2.21 bits per heavy atom. The molecule has 1 aromatic carbocycles. The van der Waals surface area contributed by atoms with E-state index in [1.54, 1.807) is 37.1 Å². The average Bonchev–Trinajstić information content (AvgIpc) is 2.29. The van der Waals surface area contributed by atoms with Gasteiger partial charge in [-0.1, -0.05) is 15.9 Å².